The van der Waals surface area contributed by atoms with Crippen molar-refractivity contribution in [1.82, 2.24) is 4.98 Å². The highest BCUT2D eigenvalue weighted by Crippen LogP contribution is 2.13. The van der Waals surface area contributed by atoms with Gasteiger partial charge < -0.3 is 5.32 Å². The normalized spacial score (nSPS) is 11.4. The summed E-state index contributed by atoms with van der Waals surface area (Å²) in [6.07, 6.45) is 0. The third-order valence-corrected chi connectivity index (χ3v) is 1.51. The Bertz CT molecular complexity index is 278. The predicted molar refractivity (Wildman–Crippen MR) is 52.1 cm³/mol. The molecular formula is C10H15FN2. The molecule has 0 aliphatic rings. The quantitative estimate of drug-likeness (QED) is 0.711. The minimum absolute atomic E-state index is 0.175. The van der Waals surface area contributed by atoms with Crippen molar-refractivity contribution in [3.05, 3.63) is 24.1 Å². The molecule has 0 aromatic carbocycles. The van der Waals surface area contributed by atoms with E-state index in [2.05, 4.69) is 31.1 Å². The first-order valence-corrected chi connectivity index (χ1v) is 4.34. The summed E-state index contributed by atoms with van der Waals surface area (Å²) in [6.45, 7) is 7.11. The van der Waals surface area contributed by atoms with Gasteiger partial charge in [-0.15, -0.1) is 0 Å². The molecule has 1 heterocycles. The second kappa shape index (κ2) is 3.73. The van der Waals surface area contributed by atoms with Gasteiger partial charge in [0.25, 0.3) is 0 Å². The number of hydrogen-bond donors (Lipinski definition) is 1. The van der Waals surface area contributed by atoms with Gasteiger partial charge >= 0.3 is 0 Å². The molecule has 13 heavy (non-hydrogen) atoms. The van der Waals surface area contributed by atoms with Gasteiger partial charge in [-0.05, 0) is 17.5 Å². The lowest BCUT2D eigenvalue weighted by Gasteiger charge is -2.18. The number of nitrogens with zero attached hydrogens (tertiary/aromatic N) is 1. The highest BCUT2D eigenvalue weighted by Gasteiger charge is 2.09. The largest absolute Gasteiger partial charge is 0.369 e. The average molecular weight is 182 g/mol. The minimum Gasteiger partial charge on any atom is -0.369 e. The molecule has 0 spiro atoms. The highest BCUT2D eigenvalue weighted by molar-refractivity contribution is 5.33. The number of anilines is 1. The van der Waals surface area contributed by atoms with Gasteiger partial charge in [-0.2, -0.15) is 4.39 Å². The van der Waals surface area contributed by atoms with Crippen LogP contribution in [0.4, 0.5) is 10.2 Å². The standard InChI is InChI=1S/C10H15FN2/c1-10(2,3)7-12-9-6-4-5-8(11)13-9/h4-6H,7H2,1-3H3,(H,12,13). The van der Waals surface area contributed by atoms with Crippen LogP contribution in [-0.4, -0.2) is 11.5 Å². The Hall–Kier alpha value is -1.12. The van der Waals surface area contributed by atoms with Gasteiger partial charge in [0.1, 0.15) is 5.82 Å². The molecule has 0 aliphatic carbocycles. The van der Waals surface area contributed by atoms with Crippen molar-refractivity contribution < 1.29 is 4.39 Å². The summed E-state index contributed by atoms with van der Waals surface area (Å²) in [5, 5.41) is 3.07. The van der Waals surface area contributed by atoms with Crippen molar-refractivity contribution in [3.63, 3.8) is 0 Å². The summed E-state index contributed by atoms with van der Waals surface area (Å²) < 4.78 is 12.6. The first-order chi connectivity index (χ1) is 5.97. The van der Waals surface area contributed by atoms with Crippen molar-refractivity contribution in [2.24, 2.45) is 5.41 Å². The molecule has 1 aromatic rings. The van der Waals surface area contributed by atoms with Crippen LogP contribution in [0.5, 0.6) is 0 Å². The zero-order valence-electron chi connectivity index (χ0n) is 8.26. The monoisotopic (exact) mass is 182 g/mol. The maximum Gasteiger partial charge on any atom is 0.214 e. The molecule has 0 bridgehead atoms. The van der Waals surface area contributed by atoms with Gasteiger partial charge in [0, 0.05) is 6.54 Å². The Labute approximate surface area is 78.2 Å². The zero-order valence-corrected chi connectivity index (χ0v) is 8.26. The van der Waals surface area contributed by atoms with E-state index in [1.807, 2.05) is 0 Å². The number of rotatable bonds is 2. The van der Waals surface area contributed by atoms with Crippen molar-refractivity contribution in [2.75, 3.05) is 11.9 Å². The van der Waals surface area contributed by atoms with Crippen LogP contribution < -0.4 is 5.32 Å². The molecular weight excluding hydrogens is 167 g/mol. The van der Waals surface area contributed by atoms with E-state index < -0.39 is 5.95 Å². The lowest BCUT2D eigenvalue weighted by atomic mass is 9.97. The SMILES string of the molecule is CC(C)(C)CNc1cccc(F)n1. The zero-order chi connectivity index (χ0) is 9.90. The van der Waals surface area contributed by atoms with E-state index in [0.29, 0.717) is 5.82 Å². The van der Waals surface area contributed by atoms with Crippen LogP contribution in [0.2, 0.25) is 0 Å². The number of halogens is 1. The summed E-state index contributed by atoms with van der Waals surface area (Å²) >= 11 is 0. The molecule has 0 radical (unpaired) electrons. The molecule has 72 valence electrons. The fourth-order valence-corrected chi connectivity index (χ4v) is 0.862. The van der Waals surface area contributed by atoms with Crippen molar-refractivity contribution in [2.45, 2.75) is 20.8 Å². The maximum absolute atomic E-state index is 12.6. The van der Waals surface area contributed by atoms with E-state index in [9.17, 15) is 4.39 Å². The van der Waals surface area contributed by atoms with Gasteiger partial charge in [0.05, 0.1) is 0 Å². The van der Waals surface area contributed by atoms with Crippen molar-refractivity contribution in [3.8, 4) is 0 Å². The molecule has 0 aliphatic heterocycles. The molecule has 0 unspecified atom stereocenters. The Balaban J connectivity index is 2.55. The van der Waals surface area contributed by atoms with E-state index >= 15 is 0 Å². The Morgan fingerprint density at radius 1 is 1.38 bits per heavy atom. The van der Waals surface area contributed by atoms with E-state index in [1.54, 1.807) is 12.1 Å². The van der Waals surface area contributed by atoms with Crippen LogP contribution in [0.3, 0.4) is 0 Å². The van der Waals surface area contributed by atoms with E-state index in [1.165, 1.54) is 6.07 Å². The van der Waals surface area contributed by atoms with E-state index in [4.69, 9.17) is 0 Å². The van der Waals surface area contributed by atoms with Gasteiger partial charge in [-0.25, -0.2) is 4.98 Å². The smallest absolute Gasteiger partial charge is 0.214 e. The fraction of sp³-hybridized carbons (Fsp3) is 0.500. The number of pyridine rings is 1. The number of aromatic nitrogens is 1. The van der Waals surface area contributed by atoms with Gasteiger partial charge in [-0.1, -0.05) is 26.8 Å². The molecule has 3 heteroatoms. The lowest BCUT2D eigenvalue weighted by Crippen LogP contribution is -2.19. The van der Waals surface area contributed by atoms with Crippen molar-refractivity contribution >= 4 is 5.82 Å². The topological polar surface area (TPSA) is 24.9 Å². The molecule has 1 aromatic heterocycles. The van der Waals surface area contributed by atoms with E-state index in [0.717, 1.165) is 6.54 Å². The predicted octanol–water partition coefficient (Wildman–Crippen LogP) is 2.68. The molecule has 2 nitrogen and oxygen atoms in total. The van der Waals surface area contributed by atoms with Gasteiger partial charge in [-0.3, -0.25) is 0 Å². The second-order valence-electron chi connectivity index (χ2n) is 4.26. The van der Waals surface area contributed by atoms with Crippen LogP contribution in [0.15, 0.2) is 18.2 Å². The van der Waals surface area contributed by atoms with Crippen LogP contribution >= 0.6 is 0 Å². The van der Waals surface area contributed by atoms with Crippen molar-refractivity contribution in [1.29, 1.82) is 0 Å². The van der Waals surface area contributed by atoms with Crippen LogP contribution in [0, 0.1) is 11.4 Å². The van der Waals surface area contributed by atoms with Gasteiger partial charge in [0.15, 0.2) is 0 Å². The molecule has 0 atom stereocenters. The summed E-state index contributed by atoms with van der Waals surface area (Å²) in [7, 11) is 0. The third-order valence-electron chi connectivity index (χ3n) is 1.51. The Morgan fingerprint density at radius 3 is 2.62 bits per heavy atom. The van der Waals surface area contributed by atoms with Gasteiger partial charge in [0.2, 0.25) is 5.95 Å². The molecule has 0 fully saturated rings. The molecule has 0 amide bonds. The summed E-state index contributed by atoms with van der Waals surface area (Å²) in [5.41, 5.74) is 0.175. The lowest BCUT2D eigenvalue weighted by molar-refractivity contribution is 0.442. The number of hydrogen-bond acceptors (Lipinski definition) is 2. The molecule has 1 N–H and O–H groups in total. The van der Waals surface area contributed by atoms with E-state index in [-0.39, 0.29) is 5.41 Å². The molecule has 1 rings (SSSR count). The maximum atomic E-state index is 12.6. The third kappa shape index (κ3) is 3.87. The summed E-state index contributed by atoms with van der Waals surface area (Å²) in [5.74, 6) is 0.147. The Morgan fingerprint density at radius 2 is 2.08 bits per heavy atom. The summed E-state index contributed by atoms with van der Waals surface area (Å²) in [4.78, 5) is 3.70. The average Bonchev–Trinajstić information content (AvgIpc) is 2.00. The number of nitrogens with one attached hydrogen (secondary N) is 1. The second-order valence-corrected chi connectivity index (χ2v) is 4.26. The molecule has 0 saturated heterocycles. The van der Waals surface area contributed by atoms with Crippen LogP contribution in [-0.2, 0) is 0 Å². The Kier molecular flexibility index (Phi) is 2.86. The van der Waals surface area contributed by atoms with Crippen LogP contribution in [0.25, 0.3) is 0 Å². The fourth-order valence-electron chi connectivity index (χ4n) is 0.862. The minimum atomic E-state index is -0.445. The van der Waals surface area contributed by atoms with Crippen LogP contribution in [0.1, 0.15) is 20.8 Å². The molecule has 0 saturated carbocycles. The first kappa shape index (κ1) is 9.96. The highest BCUT2D eigenvalue weighted by atomic mass is 19.1. The summed E-state index contributed by atoms with van der Waals surface area (Å²) in [6, 6.07) is 4.74. The first-order valence-electron chi connectivity index (χ1n) is 4.34.